The summed E-state index contributed by atoms with van der Waals surface area (Å²) in [6.07, 6.45) is 1.62. The Hall–Kier alpha value is -3.02. The number of benzene rings is 2. The Morgan fingerprint density at radius 3 is 2.00 bits per heavy atom. The molecule has 1 heterocycles. The van der Waals surface area contributed by atoms with Gasteiger partial charge in [-0.05, 0) is 24.3 Å². The predicted octanol–water partition coefficient (Wildman–Crippen LogP) is 4.78. The second-order valence-corrected chi connectivity index (χ2v) is 4.99. The number of aromatic nitrogens is 1. The van der Waals surface area contributed by atoms with Crippen LogP contribution in [0.4, 0.5) is 17.6 Å². The largest absolute Gasteiger partial charge is 0.298 e. The summed E-state index contributed by atoms with van der Waals surface area (Å²) in [6.45, 7) is 0. The van der Waals surface area contributed by atoms with E-state index in [4.69, 9.17) is 0 Å². The van der Waals surface area contributed by atoms with Gasteiger partial charge in [-0.1, -0.05) is 18.2 Å². The van der Waals surface area contributed by atoms with Crippen molar-refractivity contribution < 1.29 is 22.4 Å². The highest BCUT2D eigenvalue weighted by Crippen LogP contribution is 2.34. The average molecular weight is 331 g/mol. The molecule has 0 fully saturated rings. The van der Waals surface area contributed by atoms with Crippen molar-refractivity contribution in [3.8, 4) is 22.4 Å². The van der Waals surface area contributed by atoms with Crippen LogP contribution in [-0.2, 0) is 0 Å². The van der Waals surface area contributed by atoms with E-state index in [1.54, 1.807) is 0 Å². The van der Waals surface area contributed by atoms with Gasteiger partial charge in [0.15, 0.2) is 29.6 Å². The molecule has 0 saturated carbocycles. The molecule has 1 aromatic heterocycles. The summed E-state index contributed by atoms with van der Waals surface area (Å²) in [5, 5.41) is 0. The van der Waals surface area contributed by atoms with Gasteiger partial charge in [0.1, 0.15) is 0 Å². The van der Waals surface area contributed by atoms with Crippen molar-refractivity contribution in [1.82, 2.24) is 4.98 Å². The summed E-state index contributed by atoms with van der Waals surface area (Å²) in [5.74, 6) is -4.53. The number of pyridine rings is 1. The zero-order chi connectivity index (χ0) is 17.3. The summed E-state index contributed by atoms with van der Waals surface area (Å²) in [5.41, 5.74) is -0.437. The molecule has 0 atom stereocenters. The van der Waals surface area contributed by atoms with Gasteiger partial charge in [-0.25, -0.2) is 17.6 Å². The quantitative estimate of drug-likeness (QED) is 0.510. The number of halogens is 4. The zero-order valence-corrected chi connectivity index (χ0v) is 12.1. The van der Waals surface area contributed by atoms with Crippen LogP contribution in [0.1, 0.15) is 10.4 Å². The van der Waals surface area contributed by atoms with E-state index in [1.807, 2.05) is 0 Å². The number of carbonyl (C=O) groups is 1. The van der Waals surface area contributed by atoms with Crippen LogP contribution in [0, 0.1) is 23.3 Å². The van der Waals surface area contributed by atoms with Gasteiger partial charge in [-0.3, -0.25) is 9.78 Å². The smallest absolute Gasteiger partial charge is 0.168 e. The van der Waals surface area contributed by atoms with Gasteiger partial charge in [-0.15, -0.1) is 0 Å². The fourth-order valence-electron chi connectivity index (χ4n) is 2.36. The molecule has 0 spiro atoms. The third kappa shape index (κ3) is 2.67. The van der Waals surface area contributed by atoms with Crippen molar-refractivity contribution in [3.05, 3.63) is 77.5 Å². The molecule has 0 saturated heterocycles. The van der Waals surface area contributed by atoms with Gasteiger partial charge in [0.2, 0.25) is 0 Å². The maximum Gasteiger partial charge on any atom is 0.168 e. The third-order valence-corrected chi connectivity index (χ3v) is 3.49. The molecular weight excluding hydrogens is 322 g/mol. The molecule has 0 aliphatic heterocycles. The summed E-state index contributed by atoms with van der Waals surface area (Å²) in [7, 11) is 0. The van der Waals surface area contributed by atoms with Crippen LogP contribution in [0.2, 0.25) is 0 Å². The predicted molar refractivity (Wildman–Crippen MR) is 80.3 cm³/mol. The van der Waals surface area contributed by atoms with Crippen molar-refractivity contribution in [2.24, 2.45) is 0 Å². The topological polar surface area (TPSA) is 30.0 Å². The van der Waals surface area contributed by atoms with Crippen molar-refractivity contribution in [2.45, 2.75) is 0 Å². The highest BCUT2D eigenvalue weighted by molar-refractivity contribution is 5.86. The minimum absolute atomic E-state index is 0.0129. The number of carbonyl (C=O) groups excluding carboxylic acids is 1. The molecule has 0 aliphatic rings. The lowest BCUT2D eigenvalue weighted by atomic mass is 9.97. The zero-order valence-electron chi connectivity index (χ0n) is 12.1. The van der Waals surface area contributed by atoms with Crippen LogP contribution in [0.25, 0.3) is 22.4 Å². The molecule has 0 N–H and O–H groups in total. The maximum absolute atomic E-state index is 14.1. The van der Waals surface area contributed by atoms with E-state index in [0.717, 1.165) is 18.3 Å². The van der Waals surface area contributed by atoms with Crippen molar-refractivity contribution in [2.75, 3.05) is 0 Å². The van der Waals surface area contributed by atoms with Crippen LogP contribution < -0.4 is 0 Å². The molecule has 120 valence electrons. The molecular formula is C18H9F4NO. The molecule has 2 nitrogen and oxygen atoms in total. The first-order chi connectivity index (χ1) is 11.5. The first-order valence-electron chi connectivity index (χ1n) is 6.87. The van der Waals surface area contributed by atoms with E-state index in [1.165, 1.54) is 30.3 Å². The second kappa shape index (κ2) is 6.23. The minimum atomic E-state index is -1.17. The Balaban J connectivity index is 2.34. The fraction of sp³-hybridized carbons (Fsp3) is 0. The second-order valence-electron chi connectivity index (χ2n) is 4.99. The number of hydrogen-bond acceptors (Lipinski definition) is 2. The van der Waals surface area contributed by atoms with Crippen LogP contribution in [0.15, 0.2) is 48.7 Å². The normalized spacial score (nSPS) is 10.7. The van der Waals surface area contributed by atoms with Crippen LogP contribution in [0.3, 0.4) is 0 Å². The Bertz CT molecular complexity index is 940. The molecule has 0 unspecified atom stereocenters. The number of nitrogens with zero attached hydrogens (tertiary/aromatic N) is 1. The van der Waals surface area contributed by atoms with E-state index >= 15 is 0 Å². The Morgan fingerprint density at radius 2 is 1.38 bits per heavy atom. The lowest BCUT2D eigenvalue weighted by Crippen LogP contribution is -1.98. The van der Waals surface area contributed by atoms with Crippen LogP contribution in [-0.4, -0.2) is 11.3 Å². The van der Waals surface area contributed by atoms with Crippen molar-refractivity contribution in [3.63, 3.8) is 0 Å². The molecule has 2 aromatic carbocycles. The average Bonchev–Trinajstić information content (AvgIpc) is 2.59. The molecule has 0 amide bonds. The van der Waals surface area contributed by atoms with Gasteiger partial charge in [0.25, 0.3) is 0 Å². The summed E-state index contributed by atoms with van der Waals surface area (Å²) in [4.78, 5) is 14.9. The van der Waals surface area contributed by atoms with Gasteiger partial charge in [0, 0.05) is 28.5 Å². The summed E-state index contributed by atoms with van der Waals surface area (Å²) >= 11 is 0. The van der Waals surface area contributed by atoms with Gasteiger partial charge < -0.3 is 0 Å². The molecule has 0 radical (unpaired) electrons. The highest BCUT2D eigenvalue weighted by atomic mass is 19.2. The van der Waals surface area contributed by atoms with Crippen LogP contribution in [0.5, 0.6) is 0 Å². The Kier molecular flexibility index (Phi) is 4.12. The standard InChI is InChI=1S/C18H9F4NO/c19-14-5-1-3-11(16(14)21)13-7-10(9-24)8-23-18(13)12-4-2-6-15(20)17(12)22/h1-9H. The fourth-order valence-corrected chi connectivity index (χ4v) is 2.36. The van der Waals surface area contributed by atoms with Crippen molar-refractivity contribution in [1.29, 1.82) is 0 Å². The Labute approximate surface area is 134 Å². The summed E-state index contributed by atoms with van der Waals surface area (Å²) in [6, 6.07) is 8.19. The number of rotatable bonds is 3. The van der Waals surface area contributed by atoms with Crippen LogP contribution >= 0.6 is 0 Å². The van der Waals surface area contributed by atoms with E-state index in [9.17, 15) is 22.4 Å². The van der Waals surface area contributed by atoms with Gasteiger partial charge in [-0.2, -0.15) is 0 Å². The highest BCUT2D eigenvalue weighted by Gasteiger charge is 2.19. The third-order valence-electron chi connectivity index (χ3n) is 3.49. The van der Waals surface area contributed by atoms with E-state index in [2.05, 4.69) is 4.98 Å². The number of hydrogen-bond donors (Lipinski definition) is 0. The molecule has 0 aliphatic carbocycles. The van der Waals surface area contributed by atoms with Gasteiger partial charge >= 0.3 is 0 Å². The molecule has 6 heteroatoms. The lowest BCUT2D eigenvalue weighted by Gasteiger charge is -2.12. The maximum atomic E-state index is 14.1. The SMILES string of the molecule is O=Cc1cnc(-c2cccc(F)c2F)c(-c2cccc(F)c2F)c1. The minimum Gasteiger partial charge on any atom is -0.298 e. The van der Waals surface area contributed by atoms with E-state index in [0.29, 0.717) is 6.29 Å². The molecule has 3 rings (SSSR count). The Morgan fingerprint density at radius 1 is 0.792 bits per heavy atom. The molecule has 3 aromatic rings. The van der Waals surface area contributed by atoms with Gasteiger partial charge in [0.05, 0.1) is 5.69 Å². The molecule has 24 heavy (non-hydrogen) atoms. The van der Waals surface area contributed by atoms with E-state index in [-0.39, 0.29) is 27.9 Å². The van der Waals surface area contributed by atoms with E-state index < -0.39 is 23.3 Å². The number of aldehydes is 1. The monoisotopic (exact) mass is 331 g/mol. The summed E-state index contributed by atoms with van der Waals surface area (Å²) < 4.78 is 55.3. The van der Waals surface area contributed by atoms with Crippen molar-refractivity contribution >= 4 is 6.29 Å². The first-order valence-corrected chi connectivity index (χ1v) is 6.87. The molecule has 0 bridgehead atoms. The lowest BCUT2D eigenvalue weighted by molar-refractivity contribution is 0.112. The first kappa shape index (κ1) is 15.9.